The fourth-order valence-corrected chi connectivity index (χ4v) is 3.07. The molecule has 0 spiro atoms. The second kappa shape index (κ2) is 4.82. The minimum atomic E-state index is -0.187. The lowest BCUT2D eigenvalue weighted by Crippen LogP contribution is -2.20. The van der Waals surface area contributed by atoms with Crippen LogP contribution in [0.5, 0.6) is 0 Å². The summed E-state index contributed by atoms with van der Waals surface area (Å²) in [6, 6.07) is 16.0. The highest BCUT2D eigenvalue weighted by Gasteiger charge is 2.20. The van der Waals surface area contributed by atoms with Crippen LogP contribution in [0.3, 0.4) is 0 Å². The van der Waals surface area contributed by atoms with Crippen LogP contribution in [0, 0.1) is 0 Å². The third-order valence-corrected chi connectivity index (χ3v) is 3.92. The summed E-state index contributed by atoms with van der Waals surface area (Å²) in [7, 11) is 0. The minimum absolute atomic E-state index is 0.187. The number of thiazole rings is 1. The molecule has 0 saturated heterocycles. The van der Waals surface area contributed by atoms with E-state index in [1.165, 1.54) is 6.92 Å². The largest absolute Gasteiger partial charge is 0.843 e. The lowest BCUT2D eigenvalue weighted by atomic mass is 10.2. The molecule has 0 fully saturated rings. The van der Waals surface area contributed by atoms with Gasteiger partial charge in [0.2, 0.25) is 0 Å². The van der Waals surface area contributed by atoms with Crippen LogP contribution < -0.4 is 9.51 Å². The molecular weight excluding hydrogens is 256 g/mol. The van der Waals surface area contributed by atoms with Gasteiger partial charge in [0.15, 0.2) is 4.83 Å². The van der Waals surface area contributed by atoms with Crippen LogP contribution in [0.2, 0.25) is 0 Å². The molecule has 3 aromatic rings. The Labute approximate surface area is 115 Å². The van der Waals surface area contributed by atoms with Gasteiger partial charge < -0.3 is 5.11 Å². The summed E-state index contributed by atoms with van der Waals surface area (Å²) >= 11 is 1.64. The molecule has 94 valence electrons. The molecule has 19 heavy (non-hydrogen) atoms. The van der Waals surface area contributed by atoms with Crippen molar-refractivity contribution in [1.82, 2.24) is 0 Å². The molecule has 3 nitrogen and oxygen atoms in total. The van der Waals surface area contributed by atoms with Gasteiger partial charge in [0.25, 0.3) is 0 Å². The normalized spacial score (nSPS) is 11.9. The molecule has 0 aliphatic heterocycles. The predicted molar refractivity (Wildman–Crippen MR) is 75.7 cm³/mol. The molecule has 0 aliphatic carbocycles. The van der Waals surface area contributed by atoms with Crippen molar-refractivity contribution in [2.24, 2.45) is 4.99 Å². The second-order valence-corrected chi connectivity index (χ2v) is 5.19. The maximum atomic E-state index is 11.4. The average molecular weight is 268 g/mol. The number of fused-ring (bicyclic) bond motifs is 1. The van der Waals surface area contributed by atoms with Gasteiger partial charge in [-0.15, -0.1) is 0 Å². The minimum Gasteiger partial charge on any atom is -0.843 e. The van der Waals surface area contributed by atoms with E-state index in [0.717, 1.165) is 15.3 Å². The van der Waals surface area contributed by atoms with E-state index in [1.807, 2.05) is 59.1 Å². The topological polar surface area (TPSA) is 39.5 Å². The van der Waals surface area contributed by atoms with E-state index in [2.05, 4.69) is 4.99 Å². The molecule has 2 heterocycles. The Morgan fingerprint density at radius 1 is 1.11 bits per heavy atom. The van der Waals surface area contributed by atoms with E-state index < -0.39 is 0 Å². The number of pyridine rings is 1. The van der Waals surface area contributed by atoms with Gasteiger partial charge in [-0.05, 0) is 19.1 Å². The lowest BCUT2D eigenvalue weighted by Gasteiger charge is -1.96. The summed E-state index contributed by atoms with van der Waals surface area (Å²) in [5, 5.41) is 11.4. The molecule has 3 rings (SSSR count). The van der Waals surface area contributed by atoms with Crippen molar-refractivity contribution in [3.63, 3.8) is 0 Å². The first-order chi connectivity index (χ1) is 9.25. The fourth-order valence-electron chi connectivity index (χ4n) is 1.98. The van der Waals surface area contributed by atoms with Gasteiger partial charge in [-0.3, -0.25) is 0 Å². The molecular formula is C15H12N2OS. The van der Waals surface area contributed by atoms with E-state index in [-0.39, 0.29) is 5.90 Å². The first-order valence-corrected chi connectivity index (χ1v) is 6.78. The summed E-state index contributed by atoms with van der Waals surface area (Å²) in [5.41, 5.74) is 1.08. The molecule has 0 N–H and O–H groups in total. The predicted octanol–water partition coefficient (Wildman–Crippen LogP) is 2.56. The number of nitrogens with zero attached hydrogens (tertiary/aromatic N) is 2. The molecule has 0 radical (unpaired) electrons. The van der Waals surface area contributed by atoms with E-state index in [0.29, 0.717) is 5.82 Å². The zero-order valence-corrected chi connectivity index (χ0v) is 11.2. The number of benzene rings is 1. The lowest BCUT2D eigenvalue weighted by molar-refractivity contribution is -0.492. The van der Waals surface area contributed by atoms with Crippen LogP contribution in [-0.4, -0.2) is 5.90 Å². The highest BCUT2D eigenvalue weighted by atomic mass is 32.1. The van der Waals surface area contributed by atoms with Crippen LogP contribution in [0.1, 0.15) is 6.92 Å². The zero-order valence-electron chi connectivity index (χ0n) is 10.4. The molecule has 4 heteroatoms. The van der Waals surface area contributed by atoms with E-state index in [9.17, 15) is 5.11 Å². The van der Waals surface area contributed by atoms with Crippen LogP contribution >= 0.6 is 11.3 Å². The highest BCUT2D eigenvalue weighted by molar-refractivity contribution is 7.20. The fraction of sp³-hybridized carbons (Fsp3) is 0.0667. The summed E-state index contributed by atoms with van der Waals surface area (Å²) in [6.07, 6.45) is 1.93. The van der Waals surface area contributed by atoms with Crippen molar-refractivity contribution < 1.29 is 9.51 Å². The van der Waals surface area contributed by atoms with Crippen LogP contribution in [0.4, 0.5) is 5.82 Å². The average Bonchev–Trinajstić information content (AvgIpc) is 2.78. The van der Waals surface area contributed by atoms with Crippen molar-refractivity contribution in [3.8, 4) is 10.4 Å². The summed E-state index contributed by atoms with van der Waals surface area (Å²) in [6.45, 7) is 1.47. The Balaban J connectivity index is 2.32. The Morgan fingerprint density at radius 2 is 1.84 bits per heavy atom. The quantitative estimate of drug-likeness (QED) is 0.400. The molecule has 0 aliphatic rings. The van der Waals surface area contributed by atoms with Crippen molar-refractivity contribution in [1.29, 1.82) is 0 Å². The van der Waals surface area contributed by atoms with Gasteiger partial charge >= 0.3 is 5.82 Å². The highest BCUT2D eigenvalue weighted by Crippen LogP contribution is 2.34. The number of rotatable bonds is 2. The number of hydrogen-bond acceptors (Lipinski definition) is 3. The van der Waals surface area contributed by atoms with Gasteiger partial charge in [-0.2, -0.15) is 4.40 Å². The van der Waals surface area contributed by atoms with Crippen molar-refractivity contribution >= 4 is 27.9 Å². The Hall–Kier alpha value is -2.20. The summed E-state index contributed by atoms with van der Waals surface area (Å²) in [5.74, 6) is 0.521. The Morgan fingerprint density at radius 3 is 2.58 bits per heavy atom. The molecule has 1 aromatic carbocycles. The smallest absolute Gasteiger partial charge is 0.345 e. The molecule has 0 saturated carbocycles. The van der Waals surface area contributed by atoms with Gasteiger partial charge in [0, 0.05) is 5.56 Å². The number of aliphatic imine (C=N–C) groups is 1. The van der Waals surface area contributed by atoms with Crippen molar-refractivity contribution in [2.45, 2.75) is 6.92 Å². The Kier molecular flexibility index (Phi) is 3.01. The van der Waals surface area contributed by atoms with Crippen LogP contribution in [0.25, 0.3) is 15.3 Å². The molecule has 0 bridgehead atoms. The molecule has 0 amide bonds. The monoisotopic (exact) mass is 268 g/mol. The first kappa shape index (κ1) is 11.9. The molecule has 2 aromatic heterocycles. The first-order valence-electron chi connectivity index (χ1n) is 5.96. The van der Waals surface area contributed by atoms with Crippen LogP contribution in [-0.2, 0) is 0 Å². The van der Waals surface area contributed by atoms with E-state index >= 15 is 0 Å². The van der Waals surface area contributed by atoms with Crippen LogP contribution in [0.15, 0.2) is 59.7 Å². The SMILES string of the molecule is C/C([O-])=N/c1c(-c2ccccc2)sc2cccc[n+]12. The van der Waals surface area contributed by atoms with E-state index in [4.69, 9.17) is 0 Å². The second-order valence-electron chi connectivity index (χ2n) is 4.16. The summed E-state index contributed by atoms with van der Waals surface area (Å²) < 4.78 is 1.95. The van der Waals surface area contributed by atoms with Gasteiger partial charge in [-0.25, -0.2) is 0 Å². The van der Waals surface area contributed by atoms with Gasteiger partial charge in [-0.1, -0.05) is 52.7 Å². The molecule has 0 unspecified atom stereocenters. The standard InChI is InChI=1S/C15H12N2OS/c1-11(18)16-15-14(12-7-3-2-4-8-12)19-13-9-5-6-10-17(13)15/h2-10H,1H3. The van der Waals surface area contributed by atoms with Gasteiger partial charge in [0.05, 0.1) is 12.1 Å². The molecule has 0 atom stereocenters. The maximum absolute atomic E-state index is 11.4. The Bertz CT molecular complexity index is 743. The van der Waals surface area contributed by atoms with Crippen molar-refractivity contribution in [2.75, 3.05) is 0 Å². The maximum Gasteiger partial charge on any atom is 0.345 e. The summed E-state index contributed by atoms with van der Waals surface area (Å²) in [4.78, 5) is 6.24. The number of hydrogen-bond donors (Lipinski definition) is 0. The van der Waals surface area contributed by atoms with Crippen molar-refractivity contribution in [3.05, 3.63) is 54.7 Å². The van der Waals surface area contributed by atoms with E-state index in [1.54, 1.807) is 11.3 Å². The zero-order chi connectivity index (χ0) is 13.2. The third-order valence-electron chi connectivity index (χ3n) is 2.76. The third kappa shape index (κ3) is 2.22. The van der Waals surface area contributed by atoms with Gasteiger partial charge in [0.1, 0.15) is 4.88 Å². The number of aromatic nitrogens is 1.